The topological polar surface area (TPSA) is 37.3 Å². The van der Waals surface area contributed by atoms with E-state index < -0.39 is 17.7 Å². The standard InChI is InChI=1S/C9H7BrClFO2/c1-4(9(13)14)5-2-7(11)6(10)3-8(5)12/h2-4H,1H3,(H,13,14). The summed E-state index contributed by atoms with van der Waals surface area (Å²) in [4.78, 5) is 10.6. The van der Waals surface area contributed by atoms with Crippen LogP contribution in [0.5, 0.6) is 0 Å². The molecule has 1 rings (SSSR count). The summed E-state index contributed by atoms with van der Waals surface area (Å²) in [6.07, 6.45) is 0. The van der Waals surface area contributed by atoms with Crippen LogP contribution in [0.3, 0.4) is 0 Å². The quantitative estimate of drug-likeness (QED) is 0.843. The Labute approximate surface area is 93.8 Å². The number of rotatable bonds is 2. The van der Waals surface area contributed by atoms with Crippen molar-refractivity contribution >= 4 is 33.5 Å². The molecule has 76 valence electrons. The highest BCUT2D eigenvalue weighted by Gasteiger charge is 2.19. The minimum Gasteiger partial charge on any atom is -0.481 e. The number of hydrogen-bond donors (Lipinski definition) is 1. The molecule has 0 fully saturated rings. The van der Waals surface area contributed by atoms with Crippen LogP contribution >= 0.6 is 27.5 Å². The van der Waals surface area contributed by atoms with Crippen LogP contribution in [0.15, 0.2) is 16.6 Å². The van der Waals surface area contributed by atoms with Gasteiger partial charge in [0.25, 0.3) is 0 Å². The van der Waals surface area contributed by atoms with E-state index >= 15 is 0 Å². The first-order chi connectivity index (χ1) is 6.43. The monoisotopic (exact) mass is 280 g/mol. The van der Waals surface area contributed by atoms with Crippen molar-refractivity contribution in [1.29, 1.82) is 0 Å². The Hall–Kier alpha value is -0.610. The molecule has 0 spiro atoms. The lowest BCUT2D eigenvalue weighted by Crippen LogP contribution is -2.09. The van der Waals surface area contributed by atoms with E-state index in [9.17, 15) is 9.18 Å². The zero-order valence-corrected chi connectivity index (χ0v) is 9.56. The normalized spacial score (nSPS) is 12.6. The molecule has 0 aliphatic rings. The summed E-state index contributed by atoms with van der Waals surface area (Å²) in [7, 11) is 0. The van der Waals surface area contributed by atoms with Crippen molar-refractivity contribution in [3.8, 4) is 0 Å². The van der Waals surface area contributed by atoms with E-state index in [2.05, 4.69) is 15.9 Å². The fraction of sp³-hybridized carbons (Fsp3) is 0.222. The van der Waals surface area contributed by atoms with E-state index in [-0.39, 0.29) is 5.56 Å². The van der Waals surface area contributed by atoms with Gasteiger partial charge in [0.15, 0.2) is 0 Å². The third-order valence-corrected chi connectivity index (χ3v) is 3.07. The molecule has 2 nitrogen and oxygen atoms in total. The molecule has 0 aliphatic heterocycles. The number of carboxylic acid groups (broad SMARTS) is 1. The van der Waals surface area contributed by atoms with Crippen molar-refractivity contribution in [2.45, 2.75) is 12.8 Å². The Morgan fingerprint density at radius 3 is 2.71 bits per heavy atom. The summed E-state index contributed by atoms with van der Waals surface area (Å²) in [6.45, 7) is 1.41. The second-order valence-corrected chi connectivity index (χ2v) is 4.11. The molecule has 5 heteroatoms. The fourth-order valence-electron chi connectivity index (χ4n) is 1.00. The largest absolute Gasteiger partial charge is 0.481 e. The van der Waals surface area contributed by atoms with E-state index in [0.717, 1.165) is 6.07 Å². The van der Waals surface area contributed by atoms with Crippen LogP contribution in [0.2, 0.25) is 5.02 Å². The average Bonchev–Trinajstić information content (AvgIpc) is 2.10. The van der Waals surface area contributed by atoms with Gasteiger partial charge < -0.3 is 5.11 Å². The average molecular weight is 282 g/mol. The van der Waals surface area contributed by atoms with Crippen molar-refractivity contribution in [2.75, 3.05) is 0 Å². The molecule has 0 aromatic heterocycles. The molecule has 0 heterocycles. The first-order valence-electron chi connectivity index (χ1n) is 3.80. The van der Waals surface area contributed by atoms with Gasteiger partial charge in [-0.2, -0.15) is 0 Å². The molecular formula is C9H7BrClFO2. The van der Waals surface area contributed by atoms with Crippen molar-refractivity contribution < 1.29 is 14.3 Å². The van der Waals surface area contributed by atoms with Gasteiger partial charge in [0.05, 0.1) is 10.9 Å². The molecule has 1 N–H and O–H groups in total. The Morgan fingerprint density at radius 2 is 2.21 bits per heavy atom. The maximum absolute atomic E-state index is 13.3. The van der Waals surface area contributed by atoms with Gasteiger partial charge in [-0.1, -0.05) is 11.6 Å². The van der Waals surface area contributed by atoms with Crippen LogP contribution in [0.1, 0.15) is 18.4 Å². The van der Waals surface area contributed by atoms with Crippen molar-refractivity contribution in [2.24, 2.45) is 0 Å². The van der Waals surface area contributed by atoms with Crippen LogP contribution in [-0.2, 0) is 4.79 Å². The summed E-state index contributed by atoms with van der Waals surface area (Å²) in [6, 6.07) is 2.48. The molecule has 0 amide bonds. The number of benzene rings is 1. The van der Waals surface area contributed by atoms with Gasteiger partial charge in [-0.05, 0) is 35.0 Å². The van der Waals surface area contributed by atoms with Crippen LogP contribution < -0.4 is 0 Å². The Balaban J connectivity index is 3.22. The molecule has 0 bridgehead atoms. The second-order valence-electron chi connectivity index (χ2n) is 2.85. The Kier molecular flexibility index (Phi) is 3.50. The predicted octanol–water partition coefficient (Wildman–Crippen LogP) is 3.43. The Morgan fingerprint density at radius 1 is 1.64 bits per heavy atom. The van der Waals surface area contributed by atoms with E-state index in [4.69, 9.17) is 16.7 Å². The maximum Gasteiger partial charge on any atom is 0.310 e. The number of carbonyl (C=O) groups is 1. The van der Waals surface area contributed by atoms with E-state index in [1.165, 1.54) is 13.0 Å². The maximum atomic E-state index is 13.3. The second kappa shape index (κ2) is 4.28. The minimum atomic E-state index is -1.08. The SMILES string of the molecule is CC(C(=O)O)c1cc(Cl)c(Br)cc1F. The molecule has 1 aromatic carbocycles. The molecular weight excluding hydrogens is 274 g/mol. The molecule has 14 heavy (non-hydrogen) atoms. The molecule has 0 saturated heterocycles. The summed E-state index contributed by atoms with van der Waals surface area (Å²) in [5.41, 5.74) is 0.0886. The van der Waals surface area contributed by atoms with Crippen LogP contribution in [-0.4, -0.2) is 11.1 Å². The number of halogens is 3. The fourth-order valence-corrected chi connectivity index (χ4v) is 1.49. The molecule has 1 aromatic rings. The lowest BCUT2D eigenvalue weighted by Gasteiger charge is -2.09. The van der Waals surface area contributed by atoms with E-state index in [1.807, 2.05) is 0 Å². The molecule has 0 radical (unpaired) electrons. The Bertz CT molecular complexity index is 381. The van der Waals surface area contributed by atoms with Gasteiger partial charge in [0, 0.05) is 10.0 Å². The smallest absolute Gasteiger partial charge is 0.310 e. The van der Waals surface area contributed by atoms with Crippen molar-refractivity contribution in [1.82, 2.24) is 0 Å². The van der Waals surface area contributed by atoms with Gasteiger partial charge in [-0.15, -0.1) is 0 Å². The molecule has 0 saturated carbocycles. The lowest BCUT2D eigenvalue weighted by molar-refractivity contribution is -0.138. The zero-order chi connectivity index (χ0) is 10.9. The number of aliphatic carboxylic acids is 1. The van der Waals surface area contributed by atoms with Gasteiger partial charge in [-0.3, -0.25) is 4.79 Å². The third-order valence-electron chi connectivity index (χ3n) is 1.88. The summed E-state index contributed by atoms with van der Waals surface area (Å²) in [5, 5.41) is 9.00. The zero-order valence-electron chi connectivity index (χ0n) is 7.22. The van der Waals surface area contributed by atoms with Gasteiger partial charge in [-0.25, -0.2) is 4.39 Å². The number of hydrogen-bond acceptors (Lipinski definition) is 1. The van der Waals surface area contributed by atoms with Crippen molar-refractivity contribution in [3.63, 3.8) is 0 Å². The minimum absolute atomic E-state index is 0.0886. The highest BCUT2D eigenvalue weighted by molar-refractivity contribution is 9.10. The van der Waals surface area contributed by atoms with Gasteiger partial charge in [0.2, 0.25) is 0 Å². The van der Waals surface area contributed by atoms with Crippen molar-refractivity contribution in [3.05, 3.63) is 33.0 Å². The van der Waals surface area contributed by atoms with Gasteiger partial charge >= 0.3 is 5.97 Å². The highest BCUT2D eigenvalue weighted by Crippen LogP contribution is 2.29. The van der Waals surface area contributed by atoms with Crippen LogP contribution in [0.4, 0.5) is 4.39 Å². The van der Waals surface area contributed by atoms with Crippen LogP contribution in [0, 0.1) is 5.82 Å². The summed E-state index contributed by atoms with van der Waals surface area (Å²) < 4.78 is 13.7. The van der Waals surface area contributed by atoms with E-state index in [1.54, 1.807) is 0 Å². The lowest BCUT2D eigenvalue weighted by atomic mass is 10.0. The molecule has 1 atom stereocenters. The molecule has 1 unspecified atom stereocenters. The van der Waals surface area contributed by atoms with Gasteiger partial charge in [0.1, 0.15) is 5.82 Å². The first kappa shape index (κ1) is 11.5. The summed E-state index contributed by atoms with van der Waals surface area (Å²) in [5.74, 6) is -2.56. The third kappa shape index (κ3) is 2.25. The first-order valence-corrected chi connectivity index (χ1v) is 4.98. The summed E-state index contributed by atoms with van der Waals surface area (Å²) >= 11 is 8.78. The highest BCUT2D eigenvalue weighted by atomic mass is 79.9. The van der Waals surface area contributed by atoms with E-state index in [0.29, 0.717) is 9.50 Å². The molecule has 0 aliphatic carbocycles. The number of carboxylic acids is 1. The van der Waals surface area contributed by atoms with Crippen LogP contribution in [0.25, 0.3) is 0 Å². The predicted molar refractivity (Wildman–Crippen MR) is 55.2 cm³/mol.